The van der Waals surface area contributed by atoms with Crippen LogP contribution >= 0.6 is 0 Å². The smallest absolute Gasteiger partial charge is 0.319 e. The van der Waals surface area contributed by atoms with E-state index < -0.39 is 23.3 Å². The minimum absolute atomic E-state index is 0.0560. The molecule has 0 aliphatic carbocycles. The van der Waals surface area contributed by atoms with Gasteiger partial charge in [0.2, 0.25) is 0 Å². The summed E-state index contributed by atoms with van der Waals surface area (Å²) in [7, 11) is 0. The van der Waals surface area contributed by atoms with Gasteiger partial charge in [-0.2, -0.15) is 5.26 Å². The monoisotopic (exact) mass is 323 g/mol. The van der Waals surface area contributed by atoms with Crippen molar-refractivity contribution >= 4 is 11.9 Å². The predicted octanol–water partition coefficient (Wildman–Crippen LogP) is 2.66. The van der Waals surface area contributed by atoms with Crippen LogP contribution in [-0.4, -0.2) is 16.8 Å². The first kappa shape index (κ1) is 15.7. The van der Waals surface area contributed by atoms with E-state index in [1.165, 1.54) is 25.1 Å². The van der Waals surface area contributed by atoms with Crippen LogP contribution in [0.2, 0.25) is 0 Å². The Kier molecular flexibility index (Phi) is 3.78. The lowest BCUT2D eigenvalue weighted by Gasteiger charge is -2.22. The molecule has 1 unspecified atom stereocenters. The SMILES string of the molecule is CC1(c2ccccc2F)NC(=O)N(Cc2ccc(C#N)cc2)C1=O. The van der Waals surface area contributed by atoms with Crippen LogP contribution in [0.15, 0.2) is 48.5 Å². The van der Waals surface area contributed by atoms with E-state index >= 15 is 0 Å². The maximum Gasteiger partial charge on any atom is 0.325 e. The van der Waals surface area contributed by atoms with E-state index in [-0.39, 0.29) is 12.1 Å². The lowest BCUT2D eigenvalue weighted by atomic mass is 9.91. The summed E-state index contributed by atoms with van der Waals surface area (Å²) in [5.74, 6) is -1.06. The van der Waals surface area contributed by atoms with Gasteiger partial charge < -0.3 is 5.32 Å². The van der Waals surface area contributed by atoms with Crippen LogP contribution in [0.1, 0.15) is 23.6 Å². The zero-order valence-corrected chi connectivity index (χ0v) is 12.9. The Morgan fingerprint density at radius 2 is 1.83 bits per heavy atom. The van der Waals surface area contributed by atoms with Crippen molar-refractivity contribution < 1.29 is 14.0 Å². The average molecular weight is 323 g/mol. The van der Waals surface area contributed by atoms with E-state index in [0.717, 1.165) is 4.90 Å². The van der Waals surface area contributed by atoms with Crippen molar-refractivity contribution in [3.05, 3.63) is 71.0 Å². The topological polar surface area (TPSA) is 73.2 Å². The zero-order chi connectivity index (χ0) is 17.3. The standard InChI is InChI=1S/C18H14FN3O2/c1-18(14-4-2-3-5-15(14)19)16(23)22(17(24)21-18)11-13-8-6-12(10-20)7-9-13/h2-9H,11H2,1H3,(H,21,24). The largest absolute Gasteiger partial charge is 0.325 e. The molecule has 0 aromatic heterocycles. The summed E-state index contributed by atoms with van der Waals surface area (Å²) >= 11 is 0. The second-order valence-electron chi connectivity index (χ2n) is 5.74. The van der Waals surface area contributed by atoms with E-state index in [1.807, 2.05) is 6.07 Å². The van der Waals surface area contributed by atoms with Gasteiger partial charge in [-0.25, -0.2) is 9.18 Å². The van der Waals surface area contributed by atoms with Crippen molar-refractivity contribution in [2.45, 2.75) is 19.0 Å². The van der Waals surface area contributed by atoms with E-state index in [9.17, 15) is 14.0 Å². The molecule has 0 saturated carbocycles. The predicted molar refractivity (Wildman–Crippen MR) is 84.0 cm³/mol. The van der Waals surface area contributed by atoms with Crippen molar-refractivity contribution in [2.24, 2.45) is 0 Å². The normalized spacial score (nSPS) is 20.0. The van der Waals surface area contributed by atoms with Gasteiger partial charge in [0, 0.05) is 5.56 Å². The maximum atomic E-state index is 14.1. The molecule has 1 atom stereocenters. The molecule has 0 bridgehead atoms. The Hall–Kier alpha value is -3.20. The molecule has 1 N–H and O–H groups in total. The van der Waals surface area contributed by atoms with Crippen LogP contribution in [0.4, 0.5) is 9.18 Å². The average Bonchev–Trinajstić information content (AvgIpc) is 2.80. The molecule has 2 aromatic rings. The molecule has 24 heavy (non-hydrogen) atoms. The molecule has 1 saturated heterocycles. The van der Waals surface area contributed by atoms with Gasteiger partial charge in [-0.1, -0.05) is 30.3 Å². The highest BCUT2D eigenvalue weighted by molar-refractivity contribution is 6.07. The molecule has 6 heteroatoms. The Bertz CT molecular complexity index is 857. The Balaban J connectivity index is 1.89. The number of urea groups is 1. The molecule has 1 aliphatic rings. The lowest BCUT2D eigenvalue weighted by Crippen LogP contribution is -2.41. The number of imide groups is 1. The van der Waals surface area contributed by atoms with Gasteiger partial charge in [-0.05, 0) is 30.7 Å². The second-order valence-corrected chi connectivity index (χ2v) is 5.74. The molecule has 1 aliphatic heterocycles. The van der Waals surface area contributed by atoms with Gasteiger partial charge >= 0.3 is 6.03 Å². The molecular weight excluding hydrogens is 309 g/mol. The molecular formula is C18H14FN3O2. The number of carbonyl (C=O) groups is 2. The number of hydrogen-bond acceptors (Lipinski definition) is 3. The van der Waals surface area contributed by atoms with Gasteiger partial charge in [0.05, 0.1) is 18.2 Å². The quantitative estimate of drug-likeness (QED) is 0.883. The van der Waals surface area contributed by atoms with Gasteiger partial charge in [-0.15, -0.1) is 0 Å². The van der Waals surface area contributed by atoms with Crippen molar-refractivity contribution in [3.63, 3.8) is 0 Å². The van der Waals surface area contributed by atoms with Crippen LogP contribution in [0.5, 0.6) is 0 Å². The summed E-state index contributed by atoms with van der Waals surface area (Å²) < 4.78 is 14.1. The third-order valence-corrected chi connectivity index (χ3v) is 4.11. The third kappa shape index (κ3) is 2.50. The Morgan fingerprint density at radius 3 is 2.46 bits per heavy atom. The molecule has 0 radical (unpaired) electrons. The number of nitrogens with one attached hydrogen (secondary N) is 1. The van der Waals surface area contributed by atoms with E-state index in [4.69, 9.17) is 5.26 Å². The fourth-order valence-corrected chi connectivity index (χ4v) is 2.76. The van der Waals surface area contributed by atoms with Gasteiger partial charge in [0.15, 0.2) is 0 Å². The molecule has 3 amide bonds. The van der Waals surface area contributed by atoms with Crippen LogP contribution in [0, 0.1) is 17.1 Å². The van der Waals surface area contributed by atoms with Crippen molar-refractivity contribution in [1.82, 2.24) is 10.2 Å². The highest BCUT2D eigenvalue weighted by Gasteiger charge is 2.50. The Morgan fingerprint density at radius 1 is 1.17 bits per heavy atom. The molecule has 2 aromatic carbocycles. The molecule has 1 fully saturated rings. The Labute approximate surface area is 138 Å². The van der Waals surface area contributed by atoms with Crippen molar-refractivity contribution in [2.75, 3.05) is 0 Å². The van der Waals surface area contributed by atoms with Crippen LogP contribution in [-0.2, 0) is 16.9 Å². The number of hydrogen-bond donors (Lipinski definition) is 1. The highest BCUT2D eigenvalue weighted by Crippen LogP contribution is 2.31. The van der Waals surface area contributed by atoms with Gasteiger partial charge in [0.1, 0.15) is 11.4 Å². The molecule has 0 spiro atoms. The minimum atomic E-state index is -1.44. The number of carbonyl (C=O) groups excluding carboxylic acids is 2. The molecule has 1 heterocycles. The number of halogens is 1. The third-order valence-electron chi connectivity index (χ3n) is 4.11. The molecule has 120 valence electrons. The summed E-state index contributed by atoms with van der Waals surface area (Å²) in [6.45, 7) is 1.55. The first-order chi connectivity index (χ1) is 11.5. The fourth-order valence-electron chi connectivity index (χ4n) is 2.76. The van der Waals surface area contributed by atoms with E-state index in [1.54, 1.807) is 30.3 Å². The number of nitrogens with zero attached hydrogens (tertiary/aromatic N) is 2. The van der Waals surface area contributed by atoms with Gasteiger partial charge in [0.25, 0.3) is 5.91 Å². The summed E-state index contributed by atoms with van der Waals surface area (Å²) in [6.07, 6.45) is 0. The minimum Gasteiger partial charge on any atom is -0.319 e. The number of nitriles is 1. The van der Waals surface area contributed by atoms with Crippen LogP contribution < -0.4 is 5.32 Å². The highest BCUT2D eigenvalue weighted by atomic mass is 19.1. The first-order valence-corrected chi connectivity index (χ1v) is 7.34. The zero-order valence-electron chi connectivity index (χ0n) is 12.9. The number of amides is 3. The first-order valence-electron chi connectivity index (χ1n) is 7.34. The van der Waals surface area contributed by atoms with E-state index in [2.05, 4.69) is 5.32 Å². The lowest BCUT2D eigenvalue weighted by molar-refractivity contribution is -0.131. The van der Waals surface area contributed by atoms with Crippen LogP contribution in [0.3, 0.4) is 0 Å². The van der Waals surface area contributed by atoms with Crippen LogP contribution in [0.25, 0.3) is 0 Å². The maximum absolute atomic E-state index is 14.1. The molecule has 5 nitrogen and oxygen atoms in total. The van der Waals surface area contributed by atoms with Crippen molar-refractivity contribution in [1.29, 1.82) is 5.26 Å². The second kappa shape index (κ2) is 5.78. The molecule has 3 rings (SSSR count). The summed E-state index contributed by atoms with van der Waals surface area (Å²) in [5, 5.41) is 11.4. The van der Waals surface area contributed by atoms with Gasteiger partial charge in [-0.3, -0.25) is 9.69 Å². The summed E-state index contributed by atoms with van der Waals surface area (Å²) in [6, 6.07) is 13.9. The number of benzene rings is 2. The fraction of sp³-hybridized carbons (Fsp3) is 0.167. The van der Waals surface area contributed by atoms with Crippen molar-refractivity contribution in [3.8, 4) is 6.07 Å². The number of rotatable bonds is 3. The summed E-state index contributed by atoms with van der Waals surface area (Å²) in [4.78, 5) is 26.0. The summed E-state index contributed by atoms with van der Waals surface area (Å²) in [5.41, 5.74) is -0.109. The van der Waals surface area contributed by atoms with E-state index in [0.29, 0.717) is 11.1 Å².